The van der Waals surface area contributed by atoms with Gasteiger partial charge in [0.05, 0.1) is 15.7 Å². The summed E-state index contributed by atoms with van der Waals surface area (Å²) < 4.78 is 0. The molecule has 1 rings (SSSR count). The number of thiocarbonyl (C=S) groups is 1. The third kappa shape index (κ3) is 4.53. The molecule has 0 atom stereocenters. The minimum Gasteiger partial charge on any atom is -0.330 e. The molecule has 0 spiro atoms. The summed E-state index contributed by atoms with van der Waals surface area (Å²) in [5.74, 6) is 0. The number of benzene rings is 1. The minimum atomic E-state index is -0.259. The fraction of sp³-hybridized carbons (Fsp3) is 0.333. The van der Waals surface area contributed by atoms with Gasteiger partial charge in [0.25, 0.3) is 0 Å². The molecule has 7 heteroatoms. The van der Waals surface area contributed by atoms with Crippen molar-refractivity contribution in [3.8, 4) is 0 Å². The van der Waals surface area contributed by atoms with Crippen LogP contribution in [0.5, 0.6) is 0 Å². The average molecular weight is 320 g/mol. The lowest BCUT2D eigenvalue weighted by molar-refractivity contribution is 0.208. The highest BCUT2D eigenvalue weighted by molar-refractivity contribution is 7.80. The number of nitrogens with zero attached hydrogens (tertiary/aromatic N) is 1. The molecule has 2 amide bonds. The number of rotatable bonds is 3. The van der Waals surface area contributed by atoms with Crippen LogP contribution in [0.3, 0.4) is 0 Å². The highest BCUT2D eigenvalue weighted by atomic mass is 35.5. The predicted molar refractivity (Wildman–Crippen MR) is 84.1 cm³/mol. The molecule has 0 bridgehead atoms. The Bertz CT molecular complexity index is 458. The summed E-state index contributed by atoms with van der Waals surface area (Å²) >= 11 is 17.1. The fourth-order valence-corrected chi connectivity index (χ4v) is 2.13. The van der Waals surface area contributed by atoms with Crippen LogP contribution in [0.25, 0.3) is 0 Å². The van der Waals surface area contributed by atoms with Gasteiger partial charge < -0.3 is 10.2 Å². The summed E-state index contributed by atoms with van der Waals surface area (Å²) in [7, 11) is 0. The van der Waals surface area contributed by atoms with Crippen LogP contribution >= 0.6 is 35.4 Å². The summed E-state index contributed by atoms with van der Waals surface area (Å²) in [6.45, 7) is 5.00. The quantitative estimate of drug-likeness (QED) is 0.834. The van der Waals surface area contributed by atoms with E-state index in [4.69, 9.17) is 35.4 Å². The summed E-state index contributed by atoms with van der Waals surface area (Å²) in [4.78, 5) is 13.4. The Kier molecular flexibility index (Phi) is 6.34. The lowest BCUT2D eigenvalue weighted by Gasteiger charge is -2.20. The van der Waals surface area contributed by atoms with Crippen LogP contribution in [-0.4, -0.2) is 29.1 Å². The zero-order valence-corrected chi connectivity index (χ0v) is 13.0. The van der Waals surface area contributed by atoms with Crippen LogP contribution in [0.15, 0.2) is 18.2 Å². The maximum absolute atomic E-state index is 11.8. The average Bonchev–Trinajstić information content (AvgIpc) is 2.35. The number of nitrogens with one attached hydrogen (secondary N) is 2. The van der Waals surface area contributed by atoms with Crippen LogP contribution in [0.1, 0.15) is 13.8 Å². The van der Waals surface area contributed by atoms with Gasteiger partial charge in [-0.15, -0.1) is 0 Å². The van der Waals surface area contributed by atoms with Gasteiger partial charge in [-0.05, 0) is 38.2 Å². The summed E-state index contributed by atoms with van der Waals surface area (Å²) in [6.07, 6.45) is 0. The number of anilines is 1. The molecule has 0 aliphatic heterocycles. The number of para-hydroxylation sites is 1. The molecular formula is C12H15Cl2N3OS. The third-order valence-electron chi connectivity index (χ3n) is 2.47. The Labute approximate surface area is 128 Å². The molecule has 1 aromatic carbocycles. The maximum Gasteiger partial charge on any atom is 0.323 e. The van der Waals surface area contributed by atoms with E-state index >= 15 is 0 Å². The van der Waals surface area contributed by atoms with Crippen molar-refractivity contribution in [1.82, 2.24) is 10.2 Å². The molecule has 104 valence electrons. The normalized spacial score (nSPS) is 9.89. The number of carbonyl (C=O) groups is 1. The van der Waals surface area contributed by atoms with Gasteiger partial charge in [0.2, 0.25) is 0 Å². The largest absolute Gasteiger partial charge is 0.330 e. The number of hydrogen-bond donors (Lipinski definition) is 2. The van der Waals surface area contributed by atoms with Gasteiger partial charge >= 0.3 is 6.03 Å². The van der Waals surface area contributed by atoms with Crippen molar-refractivity contribution >= 4 is 52.3 Å². The minimum absolute atomic E-state index is 0.159. The standard InChI is InChI=1S/C12H15Cl2N3OS/c1-3-17(4-2)12(18)16-11(19)15-10-8(13)6-5-7-9(10)14/h5-7H,3-4H2,1-2H3,(H2,15,16,18,19). The second kappa shape index (κ2) is 7.53. The van der Waals surface area contributed by atoms with E-state index in [0.29, 0.717) is 28.8 Å². The molecule has 0 saturated heterocycles. The van der Waals surface area contributed by atoms with Gasteiger partial charge in [0.1, 0.15) is 0 Å². The van der Waals surface area contributed by atoms with E-state index in [-0.39, 0.29) is 11.1 Å². The lowest BCUT2D eigenvalue weighted by Crippen LogP contribution is -2.44. The van der Waals surface area contributed by atoms with Gasteiger partial charge in [-0.2, -0.15) is 0 Å². The van der Waals surface area contributed by atoms with Gasteiger partial charge in [-0.25, -0.2) is 4.79 Å². The van der Waals surface area contributed by atoms with E-state index in [1.807, 2.05) is 13.8 Å². The zero-order chi connectivity index (χ0) is 14.4. The highest BCUT2D eigenvalue weighted by Crippen LogP contribution is 2.29. The van der Waals surface area contributed by atoms with E-state index in [9.17, 15) is 4.79 Å². The first-order chi connectivity index (χ1) is 8.99. The Morgan fingerprint density at radius 2 is 1.79 bits per heavy atom. The molecule has 0 heterocycles. The van der Waals surface area contributed by atoms with Crippen molar-refractivity contribution in [2.45, 2.75) is 13.8 Å². The van der Waals surface area contributed by atoms with Crippen LogP contribution in [0, 0.1) is 0 Å². The lowest BCUT2D eigenvalue weighted by atomic mass is 10.3. The molecule has 0 saturated carbocycles. The molecule has 0 aromatic heterocycles. The molecule has 0 radical (unpaired) electrons. The van der Waals surface area contributed by atoms with Crippen molar-refractivity contribution < 1.29 is 4.79 Å². The number of carbonyl (C=O) groups excluding carboxylic acids is 1. The Morgan fingerprint density at radius 3 is 2.26 bits per heavy atom. The van der Waals surface area contributed by atoms with Gasteiger partial charge in [0.15, 0.2) is 5.11 Å². The van der Waals surface area contributed by atoms with Crippen molar-refractivity contribution in [3.63, 3.8) is 0 Å². The van der Waals surface area contributed by atoms with Crippen molar-refractivity contribution in [2.24, 2.45) is 0 Å². The van der Waals surface area contributed by atoms with Crippen molar-refractivity contribution in [1.29, 1.82) is 0 Å². The molecule has 0 fully saturated rings. The second-order valence-electron chi connectivity index (χ2n) is 3.65. The molecule has 4 nitrogen and oxygen atoms in total. The molecule has 1 aromatic rings. The summed E-state index contributed by atoms with van der Waals surface area (Å²) in [5, 5.41) is 6.43. The van der Waals surface area contributed by atoms with Crippen LogP contribution < -0.4 is 10.6 Å². The molecule has 0 unspecified atom stereocenters. The number of urea groups is 1. The smallest absolute Gasteiger partial charge is 0.323 e. The van der Waals surface area contributed by atoms with Crippen LogP contribution in [-0.2, 0) is 0 Å². The Morgan fingerprint density at radius 1 is 1.26 bits per heavy atom. The molecule has 2 N–H and O–H groups in total. The SMILES string of the molecule is CCN(CC)C(=O)NC(=S)Nc1c(Cl)cccc1Cl. The van der Waals surface area contributed by atoms with Crippen LogP contribution in [0.2, 0.25) is 10.0 Å². The van der Waals surface area contributed by atoms with Gasteiger partial charge in [-0.3, -0.25) is 5.32 Å². The van der Waals surface area contributed by atoms with E-state index in [2.05, 4.69) is 10.6 Å². The number of amides is 2. The molecule has 0 aliphatic carbocycles. The maximum atomic E-state index is 11.8. The van der Waals surface area contributed by atoms with E-state index in [1.54, 1.807) is 23.1 Å². The monoisotopic (exact) mass is 319 g/mol. The Balaban J connectivity index is 2.68. The van der Waals surface area contributed by atoms with Gasteiger partial charge in [-0.1, -0.05) is 29.3 Å². The third-order valence-corrected chi connectivity index (χ3v) is 3.31. The number of hydrogen-bond acceptors (Lipinski definition) is 2. The topological polar surface area (TPSA) is 44.4 Å². The van der Waals surface area contributed by atoms with E-state index < -0.39 is 0 Å². The van der Waals surface area contributed by atoms with E-state index in [0.717, 1.165) is 0 Å². The first-order valence-corrected chi connectivity index (χ1v) is 6.96. The highest BCUT2D eigenvalue weighted by Gasteiger charge is 2.12. The van der Waals surface area contributed by atoms with Crippen molar-refractivity contribution in [3.05, 3.63) is 28.2 Å². The fourth-order valence-electron chi connectivity index (χ4n) is 1.45. The Hall–Kier alpha value is -1.04. The van der Waals surface area contributed by atoms with Crippen molar-refractivity contribution in [2.75, 3.05) is 18.4 Å². The van der Waals surface area contributed by atoms with Gasteiger partial charge in [0, 0.05) is 13.1 Å². The predicted octanol–water partition coefficient (Wildman–Crippen LogP) is 3.74. The molecule has 19 heavy (non-hydrogen) atoms. The summed E-state index contributed by atoms with van der Waals surface area (Å²) in [5.41, 5.74) is 0.482. The number of halogens is 2. The first kappa shape index (κ1) is 16.0. The second-order valence-corrected chi connectivity index (χ2v) is 4.88. The van der Waals surface area contributed by atoms with Crippen LogP contribution in [0.4, 0.5) is 10.5 Å². The zero-order valence-electron chi connectivity index (χ0n) is 10.7. The van der Waals surface area contributed by atoms with E-state index in [1.165, 1.54) is 0 Å². The summed E-state index contributed by atoms with van der Waals surface area (Å²) in [6, 6.07) is 4.84. The molecule has 0 aliphatic rings. The first-order valence-electron chi connectivity index (χ1n) is 5.80. The molecular weight excluding hydrogens is 305 g/mol.